The molecule has 2 amide bonds. The molecule has 0 bridgehead atoms. The van der Waals surface area contributed by atoms with Crippen molar-refractivity contribution < 1.29 is 14.3 Å². The number of carbonyl (C=O) groups excluding carboxylic acids is 2. The van der Waals surface area contributed by atoms with Crippen molar-refractivity contribution in [2.24, 2.45) is 0 Å². The highest BCUT2D eigenvalue weighted by molar-refractivity contribution is 7.07. The fourth-order valence-electron chi connectivity index (χ4n) is 2.86. The molecule has 2 heterocycles. The number of hydrogen-bond acceptors (Lipinski definition) is 6. The number of likely N-dealkylation sites (N-methyl/N-ethyl adjacent to an activating group) is 1. The van der Waals surface area contributed by atoms with Crippen LogP contribution in [0.1, 0.15) is 12.6 Å². The lowest BCUT2D eigenvalue weighted by Crippen LogP contribution is -2.37. The van der Waals surface area contributed by atoms with Gasteiger partial charge in [0, 0.05) is 42.5 Å². The quantitative estimate of drug-likeness (QED) is 0.723. The number of rotatable bonds is 7. The summed E-state index contributed by atoms with van der Waals surface area (Å²) in [6.07, 6.45) is 3.10. The fraction of sp³-hybridized carbons (Fsp3) is 0.350. The van der Waals surface area contributed by atoms with Crippen LogP contribution >= 0.6 is 11.3 Å². The predicted octanol–water partition coefficient (Wildman–Crippen LogP) is 2.48. The van der Waals surface area contributed by atoms with Gasteiger partial charge in [0.2, 0.25) is 11.8 Å². The molecule has 0 unspecified atom stereocenters. The lowest BCUT2D eigenvalue weighted by Gasteiger charge is -2.29. The van der Waals surface area contributed by atoms with E-state index in [4.69, 9.17) is 4.74 Å². The number of morpholine rings is 1. The van der Waals surface area contributed by atoms with E-state index in [9.17, 15) is 9.59 Å². The number of carbonyl (C=O) groups is 2. The maximum atomic E-state index is 12.3. The molecule has 1 N–H and O–H groups in total. The van der Waals surface area contributed by atoms with E-state index in [0.29, 0.717) is 12.2 Å². The summed E-state index contributed by atoms with van der Waals surface area (Å²) < 4.78 is 5.36. The highest BCUT2D eigenvalue weighted by Crippen LogP contribution is 2.19. The molecule has 0 atom stereocenters. The van der Waals surface area contributed by atoms with Crippen molar-refractivity contribution in [2.45, 2.75) is 6.92 Å². The summed E-state index contributed by atoms with van der Waals surface area (Å²) in [5.74, 6) is -0.440. The largest absolute Gasteiger partial charge is 0.378 e. The van der Waals surface area contributed by atoms with E-state index in [1.165, 1.54) is 22.3 Å². The highest BCUT2D eigenvalue weighted by Gasteiger charge is 2.14. The Morgan fingerprint density at radius 3 is 2.68 bits per heavy atom. The third kappa shape index (κ3) is 5.64. The third-order valence-corrected chi connectivity index (χ3v) is 5.01. The molecule has 8 heteroatoms. The summed E-state index contributed by atoms with van der Waals surface area (Å²) in [4.78, 5) is 32.5. The first-order valence-electron chi connectivity index (χ1n) is 9.23. The van der Waals surface area contributed by atoms with Crippen molar-refractivity contribution in [3.8, 4) is 0 Å². The van der Waals surface area contributed by atoms with Crippen molar-refractivity contribution in [1.29, 1.82) is 0 Å². The Bertz CT molecular complexity index is 799. The number of nitrogens with one attached hydrogen (secondary N) is 1. The van der Waals surface area contributed by atoms with E-state index in [1.54, 1.807) is 11.6 Å². The minimum Gasteiger partial charge on any atom is -0.378 e. The van der Waals surface area contributed by atoms with Gasteiger partial charge in [-0.2, -0.15) is 0 Å². The molecule has 7 nitrogen and oxygen atoms in total. The monoisotopic (exact) mass is 400 g/mol. The van der Waals surface area contributed by atoms with Crippen molar-refractivity contribution in [1.82, 2.24) is 9.88 Å². The molecular formula is C20H24N4O3S. The Morgan fingerprint density at radius 2 is 2.04 bits per heavy atom. The first-order valence-corrected chi connectivity index (χ1v) is 10.2. The van der Waals surface area contributed by atoms with Crippen LogP contribution in [-0.4, -0.2) is 61.1 Å². The summed E-state index contributed by atoms with van der Waals surface area (Å²) in [5, 5.41) is 4.71. The Morgan fingerprint density at radius 1 is 1.29 bits per heavy atom. The number of nitrogens with zero attached hydrogens (tertiary/aromatic N) is 3. The highest BCUT2D eigenvalue weighted by atomic mass is 32.1. The number of thiazole rings is 1. The number of aromatic nitrogens is 1. The van der Waals surface area contributed by atoms with Crippen LogP contribution in [0.2, 0.25) is 0 Å². The zero-order valence-corrected chi connectivity index (χ0v) is 16.7. The van der Waals surface area contributed by atoms with Crippen LogP contribution in [0, 0.1) is 0 Å². The van der Waals surface area contributed by atoms with Crippen molar-refractivity contribution >= 4 is 40.6 Å². The summed E-state index contributed by atoms with van der Waals surface area (Å²) in [7, 11) is 0. The molecule has 0 aliphatic carbocycles. The summed E-state index contributed by atoms with van der Waals surface area (Å²) in [6, 6.07) is 7.73. The second-order valence-electron chi connectivity index (χ2n) is 6.29. The van der Waals surface area contributed by atoms with Gasteiger partial charge < -0.3 is 19.9 Å². The number of hydrogen-bond donors (Lipinski definition) is 1. The van der Waals surface area contributed by atoms with Crippen LogP contribution < -0.4 is 10.2 Å². The molecular weight excluding hydrogens is 376 g/mol. The fourth-order valence-corrected chi connectivity index (χ4v) is 3.39. The zero-order valence-electron chi connectivity index (χ0n) is 15.8. The molecule has 0 saturated carbocycles. The minimum absolute atomic E-state index is 0.00194. The van der Waals surface area contributed by atoms with Gasteiger partial charge in [-0.3, -0.25) is 9.59 Å². The van der Waals surface area contributed by atoms with Crippen LogP contribution in [0.25, 0.3) is 6.08 Å². The Hall–Kier alpha value is -2.71. The van der Waals surface area contributed by atoms with Crippen LogP contribution in [0.3, 0.4) is 0 Å². The molecule has 1 aliphatic heterocycles. The minimum atomic E-state index is -0.226. The number of benzene rings is 1. The van der Waals surface area contributed by atoms with Crippen molar-refractivity contribution in [2.75, 3.05) is 49.6 Å². The molecule has 0 radical (unpaired) electrons. The molecule has 1 aromatic heterocycles. The van der Waals surface area contributed by atoms with E-state index in [2.05, 4.69) is 15.2 Å². The molecule has 1 aliphatic rings. The number of anilines is 2. The topological polar surface area (TPSA) is 74.8 Å². The van der Waals surface area contributed by atoms with Gasteiger partial charge in [-0.1, -0.05) is 0 Å². The van der Waals surface area contributed by atoms with Gasteiger partial charge in [-0.05, 0) is 37.3 Å². The summed E-state index contributed by atoms with van der Waals surface area (Å²) in [6.45, 7) is 5.50. The third-order valence-electron chi connectivity index (χ3n) is 4.40. The van der Waals surface area contributed by atoms with Gasteiger partial charge in [0.15, 0.2) is 0 Å². The van der Waals surface area contributed by atoms with Crippen molar-refractivity contribution in [3.05, 3.63) is 46.9 Å². The SMILES string of the molecule is CCN(CC(=O)Nc1ccc(N2CCOCC2)cc1)C(=O)/C=C/c1cscn1. The standard InChI is InChI=1S/C20H24N4O3S/c1-2-23(20(26)8-5-17-14-28-15-21-17)13-19(25)22-16-3-6-18(7-4-16)24-9-11-27-12-10-24/h3-8,14-15H,2,9-13H2,1H3,(H,22,25)/b8-5+. The van der Waals surface area contributed by atoms with Crippen LogP contribution in [0.4, 0.5) is 11.4 Å². The van der Waals surface area contributed by atoms with E-state index in [0.717, 1.165) is 37.7 Å². The smallest absolute Gasteiger partial charge is 0.247 e. The lowest BCUT2D eigenvalue weighted by molar-refractivity contribution is -0.130. The van der Waals surface area contributed by atoms with E-state index in [-0.39, 0.29) is 18.4 Å². The number of ether oxygens (including phenoxy) is 1. The van der Waals surface area contributed by atoms with Gasteiger partial charge in [-0.25, -0.2) is 4.98 Å². The molecule has 0 spiro atoms. The summed E-state index contributed by atoms with van der Waals surface area (Å²) in [5.41, 5.74) is 4.26. The van der Waals surface area contributed by atoms with E-state index < -0.39 is 0 Å². The molecule has 148 valence electrons. The Kier molecular flexibility index (Phi) is 7.16. The number of amides is 2. The van der Waals surface area contributed by atoms with Crippen LogP contribution in [0.15, 0.2) is 41.2 Å². The predicted molar refractivity (Wildman–Crippen MR) is 112 cm³/mol. The van der Waals surface area contributed by atoms with Gasteiger partial charge in [0.25, 0.3) is 0 Å². The second-order valence-corrected chi connectivity index (χ2v) is 7.01. The Labute approximate surface area is 168 Å². The van der Waals surface area contributed by atoms with Gasteiger partial charge in [0.1, 0.15) is 6.54 Å². The maximum Gasteiger partial charge on any atom is 0.247 e. The molecule has 1 aromatic carbocycles. The molecule has 1 fully saturated rings. The lowest BCUT2D eigenvalue weighted by atomic mass is 10.2. The van der Waals surface area contributed by atoms with E-state index in [1.807, 2.05) is 36.6 Å². The molecule has 1 saturated heterocycles. The van der Waals surface area contributed by atoms with Gasteiger partial charge in [0.05, 0.1) is 24.4 Å². The Balaban J connectivity index is 1.52. The van der Waals surface area contributed by atoms with Crippen molar-refractivity contribution in [3.63, 3.8) is 0 Å². The molecule has 3 rings (SSSR count). The molecule has 2 aromatic rings. The first-order chi connectivity index (χ1) is 13.7. The summed E-state index contributed by atoms with van der Waals surface area (Å²) >= 11 is 1.47. The maximum absolute atomic E-state index is 12.3. The van der Waals surface area contributed by atoms with E-state index >= 15 is 0 Å². The van der Waals surface area contributed by atoms with Crippen LogP contribution in [0.5, 0.6) is 0 Å². The molecule has 28 heavy (non-hydrogen) atoms. The van der Waals surface area contributed by atoms with Gasteiger partial charge in [-0.15, -0.1) is 11.3 Å². The second kappa shape index (κ2) is 10.0. The first kappa shape index (κ1) is 20.0. The normalized spacial score (nSPS) is 14.2. The average molecular weight is 401 g/mol. The van der Waals surface area contributed by atoms with Gasteiger partial charge >= 0.3 is 0 Å². The van der Waals surface area contributed by atoms with Crippen LogP contribution in [-0.2, 0) is 14.3 Å². The average Bonchev–Trinajstić information content (AvgIpc) is 3.25. The zero-order chi connectivity index (χ0) is 19.8.